The van der Waals surface area contributed by atoms with Crippen molar-refractivity contribution in [3.05, 3.63) is 94.5 Å². The Morgan fingerprint density at radius 1 is 0.912 bits per heavy atom. The van der Waals surface area contributed by atoms with Crippen molar-refractivity contribution < 1.29 is 9.53 Å². The van der Waals surface area contributed by atoms with Crippen LogP contribution in [-0.4, -0.2) is 12.5 Å². The van der Waals surface area contributed by atoms with E-state index < -0.39 is 0 Å². The minimum atomic E-state index is 0.217. The van der Waals surface area contributed by atoms with E-state index in [1.165, 1.54) is 47.9 Å². The highest BCUT2D eigenvalue weighted by Gasteiger charge is 2.23. The van der Waals surface area contributed by atoms with Gasteiger partial charge in [-0.15, -0.1) is 0 Å². The Bertz CT molecular complexity index is 1060. The zero-order valence-corrected chi connectivity index (χ0v) is 20.8. The Hall–Kier alpha value is -3.07. The molecule has 0 heterocycles. The summed E-state index contributed by atoms with van der Waals surface area (Å²) in [4.78, 5) is 15.2. The quantitative estimate of drug-likeness (QED) is 0.338. The molecule has 3 aromatic rings. The molecule has 4 rings (SSSR count). The van der Waals surface area contributed by atoms with E-state index in [1.807, 2.05) is 47.4 Å². The number of amides is 1. The molecule has 0 saturated heterocycles. The van der Waals surface area contributed by atoms with E-state index in [-0.39, 0.29) is 5.91 Å². The van der Waals surface area contributed by atoms with Crippen LogP contribution in [0.2, 0.25) is 0 Å². The Morgan fingerprint density at radius 2 is 1.56 bits per heavy atom. The normalized spacial score (nSPS) is 13.7. The topological polar surface area (TPSA) is 29.5 Å². The van der Waals surface area contributed by atoms with Crippen molar-refractivity contribution in [2.45, 2.75) is 65.8 Å². The third-order valence-electron chi connectivity index (χ3n) is 7.03. The SMILES string of the molecule is Cc1cc(C)c(CCOc2ccc(N(Cc3ccccc3)C(=O)CC3CCCC3)cc2)c(C)c1. The molecule has 1 saturated carbocycles. The van der Waals surface area contributed by atoms with Crippen LogP contribution in [0.5, 0.6) is 5.75 Å². The monoisotopic (exact) mass is 455 g/mol. The van der Waals surface area contributed by atoms with E-state index >= 15 is 0 Å². The van der Waals surface area contributed by atoms with Crippen molar-refractivity contribution >= 4 is 11.6 Å². The molecule has 1 aliphatic rings. The standard InChI is InChI=1S/C31H37NO2/c1-23-19-24(2)30(25(3)20-23)17-18-34-29-15-13-28(14-16-29)32(22-27-11-5-4-6-12-27)31(33)21-26-9-7-8-10-26/h4-6,11-16,19-20,26H,7-10,17-18,21-22H2,1-3H3. The largest absolute Gasteiger partial charge is 0.493 e. The zero-order valence-electron chi connectivity index (χ0n) is 20.8. The Kier molecular flexibility index (Phi) is 8.05. The lowest BCUT2D eigenvalue weighted by Crippen LogP contribution is -2.31. The number of ether oxygens (including phenoxy) is 1. The van der Waals surface area contributed by atoms with E-state index in [1.54, 1.807) is 0 Å². The first-order valence-corrected chi connectivity index (χ1v) is 12.6. The summed E-state index contributed by atoms with van der Waals surface area (Å²) in [5.41, 5.74) is 7.41. The Labute approximate surface area is 204 Å². The average molecular weight is 456 g/mol. The summed E-state index contributed by atoms with van der Waals surface area (Å²) in [6.07, 6.45) is 6.39. The van der Waals surface area contributed by atoms with Crippen molar-refractivity contribution in [3.8, 4) is 5.75 Å². The smallest absolute Gasteiger partial charge is 0.227 e. The number of hydrogen-bond donors (Lipinski definition) is 0. The van der Waals surface area contributed by atoms with Gasteiger partial charge in [-0.3, -0.25) is 4.79 Å². The predicted molar refractivity (Wildman–Crippen MR) is 141 cm³/mol. The second kappa shape index (κ2) is 11.4. The molecular formula is C31H37NO2. The van der Waals surface area contributed by atoms with Gasteiger partial charge in [0, 0.05) is 18.5 Å². The number of carbonyl (C=O) groups excluding carboxylic acids is 1. The molecule has 0 aromatic heterocycles. The molecule has 34 heavy (non-hydrogen) atoms. The number of anilines is 1. The van der Waals surface area contributed by atoms with Crippen LogP contribution in [0.1, 0.15) is 59.9 Å². The molecule has 3 heteroatoms. The first kappa shape index (κ1) is 24.1. The van der Waals surface area contributed by atoms with Crippen LogP contribution in [0.4, 0.5) is 5.69 Å². The molecular weight excluding hydrogens is 418 g/mol. The van der Waals surface area contributed by atoms with Gasteiger partial charge < -0.3 is 9.64 Å². The van der Waals surface area contributed by atoms with E-state index in [0.29, 0.717) is 25.5 Å². The second-order valence-corrected chi connectivity index (χ2v) is 9.79. The van der Waals surface area contributed by atoms with Gasteiger partial charge in [0.1, 0.15) is 5.75 Å². The number of rotatable bonds is 9. The summed E-state index contributed by atoms with van der Waals surface area (Å²) in [6.45, 7) is 7.72. The summed E-state index contributed by atoms with van der Waals surface area (Å²) in [5, 5.41) is 0. The summed E-state index contributed by atoms with van der Waals surface area (Å²) in [5.74, 6) is 1.59. The van der Waals surface area contributed by atoms with Crippen molar-refractivity contribution in [2.24, 2.45) is 5.92 Å². The summed E-state index contributed by atoms with van der Waals surface area (Å²) in [7, 11) is 0. The van der Waals surface area contributed by atoms with Gasteiger partial charge in [0.15, 0.2) is 0 Å². The molecule has 1 amide bonds. The van der Waals surface area contributed by atoms with Gasteiger partial charge in [0.05, 0.1) is 13.2 Å². The van der Waals surface area contributed by atoms with Gasteiger partial charge in [0.25, 0.3) is 0 Å². The summed E-state index contributed by atoms with van der Waals surface area (Å²) < 4.78 is 6.07. The summed E-state index contributed by atoms with van der Waals surface area (Å²) in [6, 6.07) is 22.7. The first-order valence-electron chi connectivity index (χ1n) is 12.6. The van der Waals surface area contributed by atoms with Crippen LogP contribution >= 0.6 is 0 Å². The van der Waals surface area contributed by atoms with Crippen molar-refractivity contribution in [2.75, 3.05) is 11.5 Å². The van der Waals surface area contributed by atoms with Gasteiger partial charge in [-0.05, 0) is 86.1 Å². The number of benzene rings is 3. The van der Waals surface area contributed by atoms with Gasteiger partial charge in [-0.1, -0.05) is 60.9 Å². The van der Waals surface area contributed by atoms with E-state index in [4.69, 9.17) is 4.74 Å². The Balaban J connectivity index is 1.42. The molecule has 0 spiro atoms. The molecule has 0 radical (unpaired) electrons. The minimum absolute atomic E-state index is 0.217. The number of carbonyl (C=O) groups is 1. The van der Waals surface area contributed by atoms with Gasteiger partial charge in [0.2, 0.25) is 5.91 Å². The highest BCUT2D eigenvalue weighted by atomic mass is 16.5. The van der Waals surface area contributed by atoms with Crippen LogP contribution < -0.4 is 9.64 Å². The fraction of sp³-hybridized carbons (Fsp3) is 0.387. The fourth-order valence-corrected chi connectivity index (χ4v) is 5.26. The van der Waals surface area contributed by atoms with Crippen molar-refractivity contribution in [1.29, 1.82) is 0 Å². The van der Waals surface area contributed by atoms with Crippen LogP contribution in [-0.2, 0) is 17.8 Å². The van der Waals surface area contributed by atoms with Gasteiger partial charge >= 0.3 is 0 Å². The molecule has 3 nitrogen and oxygen atoms in total. The van der Waals surface area contributed by atoms with Gasteiger partial charge in [-0.25, -0.2) is 0 Å². The minimum Gasteiger partial charge on any atom is -0.493 e. The highest BCUT2D eigenvalue weighted by molar-refractivity contribution is 5.93. The lowest BCUT2D eigenvalue weighted by atomic mass is 9.98. The third kappa shape index (κ3) is 6.28. The van der Waals surface area contributed by atoms with Crippen LogP contribution in [0, 0.1) is 26.7 Å². The van der Waals surface area contributed by atoms with Crippen LogP contribution in [0.3, 0.4) is 0 Å². The maximum Gasteiger partial charge on any atom is 0.227 e. The molecule has 0 atom stereocenters. The maximum atomic E-state index is 13.3. The molecule has 178 valence electrons. The number of nitrogens with zero attached hydrogens (tertiary/aromatic N) is 1. The van der Waals surface area contributed by atoms with E-state index in [2.05, 4.69) is 45.0 Å². The maximum absolute atomic E-state index is 13.3. The first-order chi connectivity index (χ1) is 16.5. The predicted octanol–water partition coefficient (Wildman–Crippen LogP) is 7.35. The molecule has 0 aliphatic heterocycles. The van der Waals surface area contributed by atoms with Crippen molar-refractivity contribution in [3.63, 3.8) is 0 Å². The molecule has 0 bridgehead atoms. The Morgan fingerprint density at radius 3 is 2.21 bits per heavy atom. The lowest BCUT2D eigenvalue weighted by Gasteiger charge is -2.25. The molecule has 0 N–H and O–H groups in total. The number of aryl methyl sites for hydroxylation is 3. The summed E-state index contributed by atoms with van der Waals surface area (Å²) >= 11 is 0. The average Bonchev–Trinajstić information content (AvgIpc) is 3.33. The number of hydrogen-bond acceptors (Lipinski definition) is 2. The molecule has 1 fully saturated rings. The van der Waals surface area contributed by atoms with E-state index in [0.717, 1.165) is 23.4 Å². The van der Waals surface area contributed by atoms with Gasteiger partial charge in [-0.2, -0.15) is 0 Å². The van der Waals surface area contributed by atoms with Crippen LogP contribution in [0.15, 0.2) is 66.7 Å². The van der Waals surface area contributed by atoms with E-state index in [9.17, 15) is 4.79 Å². The molecule has 0 unspecified atom stereocenters. The van der Waals surface area contributed by atoms with Crippen LogP contribution in [0.25, 0.3) is 0 Å². The second-order valence-electron chi connectivity index (χ2n) is 9.79. The fourth-order valence-electron chi connectivity index (χ4n) is 5.26. The highest BCUT2D eigenvalue weighted by Crippen LogP contribution is 2.30. The molecule has 1 aliphatic carbocycles. The van der Waals surface area contributed by atoms with Crippen molar-refractivity contribution in [1.82, 2.24) is 0 Å². The zero-order chi connectivity index (χ0) is 23.9. The molecule has 3 aromatic carbocycles. The third-order valence-corrected chi connectivity index (χ3v) is 7.03. The lowest BCUT2D eigenvalue weighted by molar-refractivity contribution is -0.119.